The predicted molar refractivity (Wildman–Crippen MR) is 182 cm³/mol. The molecule has 2 aliphatic carbocycles. The summed E-state index contributed by atoms with van der Waals surface area (Å²) >= 11 is -3.01. The summed E-state index contributed by atoms with van der Waals surface area (Å²) < 4.78 is 3.57. The Morgan fingerprint density at radius 2 is 0.891 bits per heavy atom. The third-order valence-electron chi connectivity index (χ3n) is 9.11. The van der Waals surface area contributed by atoms with E-state index in [2.05, 4.69) is 182 Å². The monoisotopic (exact) mass is 708 g/mol. The summed E-state index contributed by atoms with van der Waals surface area (Å²) in [6, 6.07) is 63.2. The molecule has 0 heterocycles. The van der Waals surface area contributed by atoms with Gasteiger partial charge in [0, 0.05) is 0 Å². The second kappa shape index (κ2) is 14.3. The van der Waals surface area contributed by atoms with E-state index in [0.29, 0.717) is 3.63 Å². The molecule has 1 atom stereocenters. The fraction of sp³-hybridized carbons (Fsp3) is 0.0465. The number of hydrogen-bond donors (Lipinski definition) is 0. The molecule has 222 valence electrons. The Bertz CT molecular complexity index is 1960. The second-order valence-corrected chi connectivity index (χ2v) is 17.6. The Morgan fingerprint density at radius 1 is 0.457 bits per heavy atom. The molecule has 46 heavy (non-hydrogen) atoms. The topological polar surface area (TPSA) is 0 Å². The molecule has 2 aliphatic rings. The minimum atomic E-state index is -3.01. The first-order valence-electron chi connectivity index (χ1n) is 15.4. The summed E-state index contributed by atoms with van der Waals surface area (Å²) in [6.45, 7) is 0. The van der Waals surface area contributed by atoms with Crippen molar-refractivity contribution in [3.63, 3.8) is 0 Å². The van der Waals surface area contributed by atoms with Crippen molar-refractivity contribution in [2.45, 2.75) is 9.54 Å². The van der Waals surface area contributed by atoms with Crippen molar-refractivity contribution in [1.82, 2.24) is 0 Å². The molecule has 6 aromatic carbocycles. The normalized spacial score (nSPS) is 14.4. The van der Waals surface area contributed by atoms with E-state index >= 15 is 0 Å². The number of rotatable bonds is 6. The summed E-state index contributed by atoms with van der Waals surface area (Å²) in [6.07, 6.45) is 4.91. The molecule has 0 nitrogen and oxygen atoms in total. The third kappa shape index (κ3) is 5.78. The van der Waals surface area contributed by atoms with E-state index in [9.17, 15) is 0 Å². The first kappa shape index (κ1) is 32.1. The maximum absolute atomic E-state index is 3.01. The summed E-state index contributed by atoms with van der Waals surface area (Å²) in [5.41, 5.74) is 12.6. The van der Waals surface area contributed by atoms with E-state index in [1.165, 1.54) is 50.1 Å². The fourth-order valence-electron chi connectivity index (χ4n) is 7.25. The molecular weight excluding hydrogens is 679 g/mol. The van der Waals surface area contributed by atoms with Crippen molar-refractivity contribution in [2.75, 3.05) is 0 Å². The van der Waals surface area contributed by atoms with E-state index in [0.717, 1.165) is 0 Å². The van der Waals surface area contributed by atoms with Crippen LogP contribution in [0.4, 0.5) is 0 Å². The van der Waals surface area contributed by atoms with Crippen molar-refractivity contribution in [3.8, 4) is 11.1 Å². The van der Waals surface area contributed by atoms with Gasteiger partial charge >= 0.3 is 269 Å². The second-order valence-electron chi connectivity index (χ2n) is 11.6. The minimum Gasteiger partial charge on any atom is -1.00 e. The molecule has 0 fully saturated rings. The summed E-state index contributed by atoms with van der Waals surface area (Å²) in [4.78, 5) is 0. The maximum Gasteiger partial charge on any atom is -1.00 e. The Kier molecular flexibility index (Phi) is 9.96. The van der Waals surface area contributed by atoms with Crippen molar-refractivity contribution in [2.24, 2.45) is 0 Å². The predicted octanol–water partition coefficient (Wildman–Crippen LogP) is 4.42. The van der Waals surface area contributed by atoms with Gasteiger partial charge in [-0.3, -0.25) is 0 Å². The van der Waals surface area contributed by atoms with Gasteiger partial charge in [-0.15, -0.1) is 0 Å². The van der Waals surface area contributed by atoms with E-state index in [1.807, 2.05) is 0 Å². The zero-order valence-electron chi connectivity index (χ0n) is 25.2. The van der Waals surface area contributed by atoms with Gasteiger partial charge in [-0.25, -0.2) is 0 Å². The van der Waals surface area contributed by atoms with Gasteiger partial charge in [0.05, 0.1) is 0 Å². The van der Waals surface area contributed by atoms with Gasteiger partial charge in [-0.2, -0.15) is 0 Å². The van der Waals surface area contributed by atoms with E-state index in [-0.39, 0.29) is 30.7 Å². The quantitative estimate of drug-likeness (QED) is 0.241. The van der Waals surface area contributed by atoms with Crippen LogP contribution < -0.4 is 24.8 Å². The number of halogens is 2. The maximum atomic E-state index is 2.48. The Hall–Kier alpha value is -3.87. The van der Waals surface area contributed by atoms with Crippen LogP contribution in [-0.2, 0) is 21.3 Å². The molecule has 0 aromatic heterocycles. The van der Waals surface area contributed by atoms with Gasteiger partial charge in [0.25, 0.3) is 0 Å². The van der Waals surface area contributed by atoms with Crippen LogP contribution in [0.3, 0.4) is 0 Å². The van der Waals surface area contributed by atoms with Crippen LogP contribution in [-0.4, -0.2) is 3.21 Å². The standard InChI is InChI=1S/C17H13.C13H9.C13H10.2ClH.Zr/c1-3-7-14(8-4-1)16-11-12-17(13-16)15-9-5-2-6-10-15;1-3-7-12-10(5-1)9-11-6-2-4-8-13(11)12;1-3-7-12(8-4-1)11-13-9-5-2-6-10-13;;;/h1-12,16H;1-9H;1-10H;2*1H;/q;;;;;+2/p-2. The van der Waals surface area contributed by atoms with Crippen molar-refractivity contribution < 1.29 is 46.1 Å². The van der Waals surface area contributed by atoms with E-state index in [4.69, 9.17) is 0 Å². The van der Waals surface area contributed by atoms with Gasteiger partial charge in [0.1, 0.15) is 0 Å². The molecule has 1 unspecified atom stereocenters. The number of hydrogen-bond acceptors (Lipinski definition) is 0. The third-order valence-corrected chi connectivity index (χ3v) is 17.7. The fourth-order valence-corrected chi connectivity index (χ4v) is 17.2. The minimum absolute atomic E-state index is 0. The number of allylic oxidation sites excluding steroid dienone is 4. The van der Waals surface area contributed by atoms with Gasteiger partial charge < -0.3 is 24.8 Å². The zero-order chi connectivity index (χ0) is 29.3. The molecule has 0 saturated carbocycles. The van der Waals surface area contributed by atoms with Crippen LogP contribution in [0.5, 0.6) is 0 Å². The molecule has 0 aliphatic heterocycles. The number of benzene rings is 6. The molecule has 6 aromatic rings. The average Bonchev–Trinajstić information content (AvgIpc) is 3.69. The Balaban J connectivity index is 0.00000186. The first-order valence-corrected chi connectivity index (χ1v) is 19.3. The van der Waals surface area contributed by atoms with Crippen LogP contribution in [0.25, 0.3) is 16.7 Å². The summed E-state index contributed by atoms with van der Waals surface area (Å²) in [7, 11) is 0. The Labute approximate surface area is 292 Å². The largest absolute Gasteiger partial charge is 1.00 e. The molecule has 0 bridgehead atoms. The summed E-state index contributed by atoms with van der Waals surface area (Å²) in [5, 5.41) is 0. The van der Waals surface area contributed by atoms with Gasteiger partial charge in [-0.1, -0.05) is 0 Å². The van der Waals surface area contributed by atoms with Gasteiger partial charge in [0.2, 0.25) is 0 Å². The van der Waals surface area contributed by atoms with Crippen LogP contribution >= 0.6 is 0 Å². The van der Waals surface area contributed by atoms with Crippen molar-refractivity contribution in [3.05, 3.63) is 219 Å². The van der Waals surface area contributed by atoms with Crippen molar-refractivity contribution in [1.29, 1.82) is 0 Å². The molecule has 3 heteroatoms. The molecular formula is C43H32Cl2Zr. The molecule has 0 saturated heterocycles. The van der Waals surface area contributed by atoms with Crippen LogP contribution in [0.2, 0.25) is 0 Å². The summed E-state index contributed by atoms with van der Waals surface area (Å²) in [5.74, 6) is 0.239. The van der Waals surface area contributed by atoms with E-state index in [1.54, 1.807) is 6.49 Å². The number of fused-ring (bicyclic) bond motifs is 3. The molecule has 0 N–H and O–H groups in total. The zero-order valence-corrected chi connectivity index (χ0v) is 29.2. The van der Waals surface area contributed by atoms with Crippen molar-refractivity contribution >= 4 is 8.78 Å². The van der Waals surface area contributed by atoms with E-state index < -0.39 is 21.3 Å². The first-order chi connectivity index (χ1) is 21.9. The van der Waals surface area contributed by atoms with Crippen LogP contribution in [0.15, 0.2) is 185 Å². The molecule has 0 radical (unpaired) electrons. The van der Waals surface area contributed by atoms with Crippen LogP contribution in [0.1, 0.15) is 42.9 Å². The SMILES string of the molecule is C1=CC(c2ccccc2)[C]([Zr+2](=[C](c2ccccc2)c2ccccc2)[CH]2c3ccccc3-c3ccccc32)=C1c1ccccc1.[Cl-].[Cl-]. The average molecular weight is 711 g/mol. The Morgan fingerprint density at radius 3 is 1.41 bits per heavy atom. The molecule has 0 spiro atoms. The molecule has 0 amide bonds. The van der Waals surface area contributed by atoms with Gasteiger partial charge in [0.15, 0.2) is 0 Å². The van der Waals surface area contributed by atoms with Crippen LogP contribution in [0, 0.1) is 0 Å². The van der Waals surface area contributed by atoms with Gasteiger partial charge in [-0.05, 0) is 0 Å². The smallest absolute Gasteiger partial charge is 1.00 e. The molecule has 8 rings (SSSR count).